The van der Waals surface area contributed by atoms with Crippen LogP contribution < -0.4 is 17.3 Å². The summed E-state index contributed by atoms with van der Waals surface area (Å²) in [5, 5.41) is 0. The van der Waals surface area contributed by atoms with Crippen molar-refractivity contribution in [3.8, 4) is 0 Å². The van der Waals surface area contributed by atoms with Crippen LogP contribution in [-0.4, -0.2) is 36.1 Å². The largest absolute Gasteiger partial charge is 1.00 e. The van der Waals surface area contributed by atoms with E-state index in [0.717, 1.165) is 25.3 Å². The Balaban J connectivity index is 0.00000144. The van der Waals surface area contributed by atoms with E-state index in [1.807, 2.05) is 12.3 Å². The lowest BCUT2D eigenvalue weighted by Crippen LogP contribution is -3.00. The monoisotopic (exact) mass is 331 g/mol. The lowest BCUT2D eigenvalue weighted by Gasteiger charge is -2.31. The molecule has 0 unspecified atom stereocenters. The summed E-state index contributed by atoms with van der Waals surface area (Å²) in [6.45, 7) is 5.58. The van der Waals surface area contributed by atoms with Gasteiger partial charge in [-0.1, -0.05) is 30.7 Å². The number of likely N-dealkylation sites (tertiary alicyclic amines) is 1. The van der Waals surface area contributed by atoms with Gasteiger partial charge < -0.3 is 22.2 Å². The highest BCUT2D eigenvalue weighted by molar-refractivity contribution is 5.46. The van der Waals surface area contributed by atoms with Crippen LogP contribution in [0, 0.1) is 0 Å². The van der Waals surface area contributed by atoms with E-state index < -0.39 is 0 Å². The van der Waals surface area contributed by atoms with Gasteiger partial charge in [0.25, 0.3) is 0 Å². The molecule has 0 spiro atoms. The summed E-state index contributed by atoms with van der Waals surface area (Å²) in [6, 6.07) is 16.8. The van der Waals surface area contributed by atoms with Gasteiger partial charge in [-0.2, -0.15) is 0 Å². The van der Waals surface area contributed by atoms with Crippen LogP contribution >= 0.6 is 0 Å². The van der Waals surface area contributed by atoms with Crippen LogP contribution in [0.2, 0.25) is 0 Å². The smallest absolute Gasteiger partial charge is 1.00 e. The fourth-order valence-corrected chi connectivity index (χ4v) is 3.07. The number of hydrogen-bond acceptors (Lipinski definition) is 3. The van der Waals surface area contributed by atoms with Crippen LogP contribution in [0.3, 0.4) is 0 Å². The predicted octanol–water partition coefficient (Wildman–Crippen LogP) is 0.691. The summed E-state index contributed by atoms with van der Waals surface area (Å²) in [4.78, 5) is 9.52. The van der Waals surface area contributed by atoms with Crippen molar-refractivity contribution in [1.29, 1.82) is 0 Å². The molecule has 1 saturated heterocycles. The van der Waals surface area contributed by atoms with Crippen molar-refractivity contribution in [2.75, 3.05) is 31.1 Å². The lowest BCUT2D eigenvalue weighted by atomic mass is 10.1. The van der Waals surface area contributed by atoms with Crippen molar-refractivity contribution in [2.45, 2.75) is 25.8 Å². The maximum atomic E-state index is 4.48. The first-order chi connectivity index (χ1) is 10.9. The second-order valence-corrected chi connectivity index (χ2v) is 5.98. The zero-order valence-electron chi connectivity index (χ0n) is 14.6. The van der Waals surface area contributed by atoms with Gasteiger partial charge in [-0.05, 0) is 50.2 Å². The van der Waals surface area contributed by atoms with Gasteiger partial charge in [-0.25, -0.2) is 0 Å². The molecule has 3 nitrogen and oxygen atoms in total. The van der Waals surface area contributed by atoms with Crippen molar-refractivity contribution < 1.29 is 13.8 Å². The van der Waals surface area contributed by atoms with Gasteiger partial charge in [-0.15, -0.1) is 0 Å². The molecule has 0 atom stereocenters. The molecule has 0 aliphatic carbocycles. The van der Waals surface area contributed by atoms with Crippen LogP contribution in [0.4, 0.5) is 5.69 Å². The molecular formula is C19H26ClN3. The summed E-state index contributed by atoms with van der Waals surface area (Å²) in [5.74, 6) is 0. The third kappa shape index (κ3) is 5.52. The molecule has 2 heterocycles. The zero-order chi connectivity index (χ0) is 15.0. The quantitative estimate of drug-likeness (QED) is 0.776. The predicted molar refractivity (Wildman–Crippen MR) is 93.1 cm³/mol. The zero-order valence-corrected chi connectivity index (χ0v) is 14.3. The van der Waals surface area contributed by atoms with Crippen molar-refractivity contribution >= 4 is 5.69 Å². The number of halogens is 1. The fraction of sp³-hybridized carbons (Fsp3) is 0.421. The highest BCUT2D eigenvalue weighted by Gasteiger charge is 2.13. The molecule has 0 N–H and O–H groups in total. The molecule has 2 aromatic rings. The number of benzene rings is 1. The maximum Gasteiger partial charge on any atom is 1.00 e. The first-order valence-electron chi connectivity index (χ1n) is 8.34. The van der Waals surface area contributed by atoms with Gasteiger partial charge in [0, 0.05) is 25.0 Å². The SMILES string of the molecule is [Cl-].[H+].c1ccc(N(CCN2CCCCC2)Cc2ccccn2)cc1. The third-order valence-electron chi connectivity index (χ3n) is 4.34. The average molecular weight is 332 g/mol. The minimum atomic E-state index is 0. The van der Waals surface area contributed by atoms with Crippen LogP contribution in [0.1, 0.15) is 26.4 Å². The summed E-state index contributed by atoms with van der Waals surface area (Å²) < 4.78 is 0. The van der Waals surface area contributed by atoms with Crippen LogP contribution in [0.25, 0.3) is 0 Å². The molecular weight excluding hydrogens is 306 g/mol. The highest BCUT2D eigenvalue weighted by Crippen LogP contribution is 2.16. The first kappa shape index (κ1) is 17.8. The summed E-state index contributed by atoms with van der Waals surface area (Å²) >= 11 is 0. The molecule has 1 aliphatic heterocycles. The van der Waals surface area contributed by atoms with Gasteiger partial charge in [0.05, 0.1) is 12.2 Å². The normalized spacial score (nSPS) is 15.0. The van der Waals surface area contributed by atoms with Crippen LogP contribution in [0.5, 0.6) is 0 Å². The van der Waals surface area contributed by atoms with E-state index >= 15 is 0 Å². The Hall–Kier alpha value is -1.58. The lowest BCUT2D eigenvalue weighted by molar-refractivity contribution is -0.00000456. The van der Waals surface area contributed by atoms with E-state index in [4.69, 9.17) is 0 Å². The summed E-state index contributed by atoms with van der Waals surface area (Å²) in [6.07, 6.45) is 5.98. The molecule has 1 aromatic carbocycles. The van der Waals surface area contributed by atoms with Crippen LogP contribution in [0.15, 0.2) is 54.7 Å². The first-order valence-corrected chi connectivity index (χ1v) is 8.34. The van der Waals surface area contributed by atoms with Crippen molar-refractivity contribution in [1.82, 2.24) is 9.88 Å². The van der Waals surface area contributed by atoms with Crippen molar-refractivity contribution in [3.63, 3.8) is 0 Å². The number of rotatable bonds is 6. The number of piperidine rings is 1. The number of nitrogens with zero attached hydrogens (tertiary/aromatic N) is 3. The van der Waals surface area contributed by atoms with E-state index in [2.05, 4.69) is 57.2 Å². The molecule has 23 heavy (non-hydrogen) atoms. The Kier molecular flexibility index (Phi) is 7.37. The van der Waals surface area contributed by atoms with Gasteiger partial charge in [0.1, 0.15) is 0 Å². The molecule has 0 radical (unpaired) electrons. The van der Waals surface area contributed by atoms with Gasteiger partial charge in [0.15, 0.2) is 0 Å². The fourth-order valence-electron chi connectivity index (χ4n) is 3.07. The standard InChI is InChI=1S/C19H25N3.ClH/c1-3-10-19(11-4-1)22(17-18-9-5-6-12-20-18)16-15-21-13-7-2-8-14-21;/h1,3-6,9-12H,2,7-8,13-17H2;1H. The number of pyridine rings is 1. The molecule has 1 aliphatic rings. The Bertz CT molecular complexity index is 547. The third-order valence-corrected chi connectivity index (χ3v) is 4.34. The molecule has 4 heteroatoms. The Morgan fingerprint density at radius 1 is 0.957 bits per heavy atom. The summed E-state index contributed by atoms with van der Waals surface area (Å²) in [7, 11) is 0. The highest BCUT2D eigenvalue weighted by atomic mass is 35.5. The molecule has 0 bridgehead atoms. The van der Waals surface area contributed by atoms with Gasteiger partial charge in [-0.3, -0.25) is 4.98 Å². The number of para-hydroxylation sites is 1. The minimum Gasteiger partial charge on any atom is -1.00 e. The number of hydrogen-bond donors (Lipinski definition) is 0. The van der Waals surface area contributed by atoms with E-state index in [1.165, 1.54) is 38.0 Å². The molecule has 124 valence electrons. The molecule has 1 fully saturated rings. The summed E-state index contributed by atoms with van der Waals surface area (Å²) in [5.41, 5.74) is 2.41. The average Bonchev–Trinajstić information content (AvgIpc) is 2.61. The van der Waals surface area contributed by atoms with Crippen molar-refractivity contribution in [2.24, 2.45) is 0 Å². The minimum absolute atomic E-state index is 0. The molecule has 1 aromatic heterocycles. The Morgan fingerprint density at radius 3 is 2.39 bits per heavy atom. The molecule has 0 saturated carbocycles. The maximum absolute atomic E-state index is 4.48. The number of anilines is 1. The second kappa shape index (κ2) is 9.53. The molecule has 0 amide bonds. The molecule has 3 rings (SSSR count). The van der Waals surface area contributed by atoms with E-state index in [-0.39, 0.29) is 13.8 Å². The van der Waals surface area contributed by atoms with E-state index in [0.29, 0.717) is 0 Å². The van der Waals surface area contributed by atoms with Gasteiger partial charge >= 0.3 is 1.43 Å². The Morgan fingerprint density at radius 2 is 1.70 bits per heavy atom. The van der Waals surface area contributed by atoms with Crippen LogP contribution in [-0.2, 0) is 6.54 Å². The van der Waals surface area contributed by atoms with E-state index in [1.54, 1.807) is 0 Å². The van der Waals surface area contributed by atoms with Gasteiger partial charge in [0.2, 0.25) is 0 Å². The Labute approximate surface area is 147 Å². The topological polar surface area (TPSA) is 19.4 Å². The second-order valence-electron chi connectivity index (χ2n) is 5.98. The number of aromatic nitrogens is 1. The van der Waals surface area contributed by atoms with E-state index in [9.17, 15) is 0 Å². The van der Waals surface area contributed by atoms with Crippen molar-refractivity contribution in [3.05, 3.63) is 60.4 Å².